The maximum atomic E-state index is 13.2. The van der Waals surface area contributed by atoms with E-state index in [0.717, 1.165) is 30.7 Å². The Morgan fingerprint density at radius 1 is 1.04 bits per heavy atom. The van der Waals surface area contributed by atoms with E-state index < -0.39 is 10.0 Å². The highest BCUT2D eigenvalue weighted by Crippen LogP contribution is 2.32. The summed E-state index contributed by atoms with van der Waals surface area (Å²) in [5.41, 5.74) is 1.91. The van der Waals surface area contributed by atoms with E-state index in [1.165, 1.54) is 47.2 Å². The van der Waals surface area contributed by atoms with E-state index in [-0.39, 0.29) is 22.2 Å². The van der Waals surface area contributed by atoms with Crippen molar-refractivity contribution in [3.8, 4) is 11.4 Å². The van der Waals surface area contributed by atoms with Crippen LogP contribution in [0.15, 0.2) is 75.3 Å². The second kappa shape index (κ2) is 13.3. The standard InChI is InChI=1S/C32H39N7O5S/c1-2-37(29-10-6-19-33-31(29)40)22-27-15-11-24-21-25(12-18-30(24)44-27)34-45(42,43)28-16-13-26(14-17-28)39-32(41)38(35-36-39)20-4-3-7-23-8-5-9-23/h6,10,12-14,16-19,21,23,27,34H,2-5,7-9,11,15,20,22H2,1H3,(H,33,40). The summed E-state index contributed by atoms with van der Waals surface area (Å²) in [7, 11) is -3.89. The van der Waals surface area contributed by atoms with E-state index >= 15 is 0 Å². The lowest BCUT2D eigenvalue weighted by atomic mass is 9.82. The molecule has 13 heteroatoms. The molecule has 2 N–H and O–H groups in total. The Labute approximate surface area is 262 Å². The third-order valence-electron chi connectivity index (χ3n) is 8.77. The molecule has 4 aromatic rings. The number of nitrogens with one attached hydrogen (secondary N) is 2. The molecule has 0 amide bonds. The number of sulfonamides is 1. The molecular weight excluding hydrogens is 594 g/mol. The number of nitrogens with zero attached hydrogens (tertiary/aromatic N) is 5. The smallest absolute Gasteiger partial charge is 0.368 e. The molecule has 0 radical (unpaired) electrons. The van der Waals surface area contributed by atoms with Crippen molar-refractivity contribution in [2.75, 3.05) is 22.7 Å². The number of hydrogen-bond acceptors (Lipinski definition) is 8. The normalized spacial score (nSPS) is 16.4. The first kappa shape index (κ1) is 30.6. The summed E-state index contributed by atoms with van der Waals surface area (Å²) >= 11 is 0. The van der Waals surface area contributed by atoms with Gasteiger partial charge in [-0.15, -0.1) is 0 Å². The molecule has 2 aromatic carbocycles. The summed E-state index contributed by atoms with van der Waals surface area (Å²) < 4.78 is 37.8. The van der Waals surface area contributed by atoms with Crippen LogP contribution in [0.1, 0.15) is 57.4 Å². The summed E-state index contributed by atoms with van der Waals surface area (Å²) in [5, 5.41) is 8.00. The third-order valence-corrected chi connectivity index (χ3v) is 10.2. The van der Waals surface area contributed by atoms with Gasteiger partial charge in [0.2, 0.25) is 0 Å². The van der Waals surface area contributed by atoms with E-state index in [1.807, 2.05) is 11.8 Å². The molecule has 1 aliphatic carbocycles. The lowest BCUT2D eigenvalue weighted by molar-refractivity contribution is 0.178. The van der Waals surface area contributed by atoms with Crippen molar-refractivity contribution in [3.63, 3.8) is 0 Å². The van der Waals surface area contributed by atoms with Crippen molar-refractivity contribution >= 4 is 21.4 Å². The zero-order valence-corrected chi connectivity index (χ0v) is 26.2. The minimum Gasteiger partial charge on any atom is -0.488 e. The van der Waals surface area contributed by atoms with E-state index in [0.29, 0.717) is 48.9 Å². The SMILES string of the molecule is CCN(CC1CCc2cc(NS(=O)(=O)c3ccc(-n4nnn(CCCCC5CCC5)c4=O)cc3)ccc2O1)c1ccc[nH]c1=O. The van der Waals surface area contributed by atoms with E-state index in [2.05, 4.69) is 20.1 Å². The van der Waals surface area contributed by atoms with Crippen molar-refractivity contribution in [1.29, 1.82) is 0 Å². The van der Waals surface area contributed by atoms with Crippen molar-refractivity contribution < 1.29 is 13.2 Å². The quantitative estimate of drug-likeness (QED) is 0.209. The molecule has 0 spiro atoms. The van der Waals surface area contributed by atoms with Crippen LogP contribution < -0.4 is 25.6 Å². The van der Waals surface area contributed by atoms with E-state index in [4.69, 9.17) is 4.74 Å². The van der Waals surface area contributed by atoms with Crippen LogP contribution in [0.2, 0.25) is 0 Å². The molecule has 45 heavy (non-hydrogen) atoms. The number of aryl methyl sites for hydroxylation is 2. The van der Waals surface area contributed by atoms with Gasteiger partial charge in [0.25, 0.3) is 15.6 Å². The fourth-order valence-corrected chi connectivity index (χ4v) is 7.02. The Kier molecular flexibility index (Phi) is 9.06. The highest BCUT2D eigenvalue weighted by atomic mass is 32.2. The number of H-pyrrole nitrogens is 1. The third kappa shape index (κ3) is 6.98. The summed E-state index contributed by atoms with van der Waals surface area (Å²) in [5.74, 6) is 1.54. The first-order valence-electron chi connectivity index (χ1n) is 15.7. The maximum absolute atomic E-state index is 13.2. The number of rotatable bonds is 13. The number of tetrazole rings is 1. The van der Waals surface area contributed by atoms with E-state index in [9.17, 15) is 18.0 Å². The number of anilines is 2. The van der Waals surface area contributed by atoms with Gasteiger partial charge in [-0.05, 0) is 103 Å². The van der Waals surface area contributed by atoms with Crippen LogP contribution in [0.4, 0.5) is 11.4 Å². The minimum absolute atomic E-state index is 0.0623. The van der Waals surface area contributed by atoms with Gasteiger partial charge in [0, 0.05) is 25.0 Å². The van der Waals surface area contributed by atoms with Gasteiger partial charge < -0.3 is 14.6 Å². The number of likely N-dealkylation sites (N-methyl/N-ethyl adjacent to an activating group) is 1. The maximum Gasteiger partial charge on any atom is 0.368 e. The molecule has 1 unspecified atom stereocenters. The fraction of sp³-hybridized carbons (Fsp3) is 0.438. The fourth-order valence-electron chi connectivity index (χ4n) is 5.98. The summed E-state index contributed by atoms with van der Waals surface area (Å²) in [6, 6.07) is 14.9. The number of aromatic nitrogens is 5. The van der Waals surface area contributed by atoms with Crippen LogP contribution in [-0.2, 0) is 23.0 Å². The Bertz CT molecular complexity index is 1840. The van der Waals surface area contributed by atoms with Gasteiger partial charge >= 0.3 is 5.69 Å². The van der Waals surface area contributed by atoms with Gasteiger partial charge in [0.1, 0.15) is 17.5 Å². The Morgan fingerprint density at radius 2 is 1.87 bits per heavy atom. The number of aromatic amines is 1. The second-order valence-electron chi connectivity index (χ2n) is 11.8. The summed E-state index contributed by atoms with van der Waals surface area (Å²) in [4.78, 5) is 29.9. The molecule has 2 aliphatic rings. The minimum atomic E-state index is -3.89. The van der Waals surface area contributed by atoms with Crippen molar-refractivity contribution in [1.82, 2.24) is 24.8 Å². The molecule has 1 aliphatic heterocycles. The second-order valence-corrected chi connectivity index (χ2v) is 13.5. The highest BCUT2D eigenvalue weighted by Gasteiger charge is 2.24. The van der Waals surface area contributed by atoms with Crippen LogP contribution in [0.3, 0.4) is 0 Å². The zero-order chi connectivity index (χ0) is 31.4. The lowest BCUT2D eigenvalue weighted by Crippen LogP contribution is -2.39. The van der Waals surface area contributed by atoms with Crippen LogP contribution in [0, 0.1) is 5.92 Å². The van der Waals surface area contributed by atoms with Crippen molar-refractivity contribution in [2.45, 2.75) is 75.8 Å². The van der Waals surface area contributed by atoms with E-state index in [1.54, 1.807) is 48.7 Å². The molecule has 2 aromatic heterocycles. The molecule has 1 fully saturated rings. The lowest BCUT2D eigenvalue weighted by Gasteiger charge is -2.31. The van der Waals surface area contributed by atoms with Crippen molar-refractivity contribution in [3.05, 3.63) is 87.2 Å². The Balaban J connectivity index is 1.06. The molecule has 0 bridgehead atoms. The molecule has 0 saturated heterocycles. The van der Waals surface area contributed by atoms with Gasteiger partial charge in [-0.1, -0.05) is 32.1 Å². The predicted octanol–water partition coefficient (Wildman–Crippen LogP) is 4.11. The number of benzene rings is 2. The van der Waals surface area contributed by atoms with Gasteiger partial charge in [-0.2, -0.15) is 9.36 Å². The van der Waals surface area contributed by atoms with Gasteiger partial charge in [0.05, 0.1) is 17.1 Å². The molecule has 1 atom stereocenters. The number of pyridine rings is 1. The predicted molar refractivity (Wildman–Crippen MR) is 172 cm³/mol. The molecule has 238 valence electrons. The van der Waals surface area contributed by atoms with Crippen LogP contribution >= 0.6 is 0 Å². The first-order valence-corrected chi connectivity index (χ1v) is 17.2. The number of hydrogen-bond donors (Lipinski definition) is 2. The number of fused-ring (bicyclic) bond motifs is 1. The highest BCUT2D eigenvalue weighted by molar-refractivity contribution is 7.92. The van der Waals surface area contributed by atoms with Gasteiger partial charge in [-0.25, -0.2) is 13.2 Å². The Hall–Kier alpha value is -4.39. The Morgan fingerprint density at radius 3 is 2.60 bits per heavy atom. The molecular formula is C32H39N7O5S. The van der Waals surface area contributed by atoms with Crippen molar-refractivity contribution in [2.24, 2.45) is 5.92 Å². The number of ether oxygens (including phenoxy) is 1. The first-order chi connectivity index (χ1) is 21.8. The van der Waals surface area contributed by atoms with Crippen LogP contribution in [-0.4, -0.2) is 52.4 Å². The monoisotopic (exact) mass is 633 g/mol. The van der Waals surface area contributed by atoms with Gasteiger partial charge in [0.15, 0.2) is 0 Å². The molecule has 12 nitrogen and oxygen atoms in total. The van der Waals surface area contributed by atoms with Gasteiger partial charge in [-0.3, -0.25) is 9.52 Å². The topological polar surface area (TPSA) is 144 Å². The summed E-state index contributed by atoms with van der Waals surface area (Å²) in [6.07, 6.45) is 10.1. The zero-order valence-electron chi connectivity index (χ0n) is 25.4. The summed E-state index contributed by atoms with van der Waals surface area (Å²) in [6.45, 7) is 3.74. The molecule has 1 saturated carbocycles. The molecule has 6 rings (SSSR count). The largest absolute Gasteiger partial charge is 0.488 e. The van der Waals surface area contributed by atoms with Crippen LogP contribution in [0.25, 0.3) is 5.69 Å². The molecule has 3 heterocycles. The average Bonchev–Trinajstić information content (AvgIpc) is 3.39. The number of unbranched alkanes of at least 4 members (excludes halogenated alkanes) is 1. The van der Waals surface area contributed by atoms with Crippen LogP contribution in [0.5, 0.6) is 5.75 Å². The average molecular weight is 634 g/mol.